The van der Waals surface area contributed by atoms with Gasteiger partial charge in [-0.05, 0) is 71.0 Å². The lowest BCUT2D eigenvalue weighted by atomic mass is 10.1. The number of hydrogen-bond acceptors (Lipinski definition) is 6. The van der Waals surface area contributed by atoms with Crippen molar-refractivity contribution in [3.63, 3.8) is 0 Å². The molecule has 0 saturated carbocycles. The fourth-order valence-electron chi connectivity index (χ4n) is 3.29. The molecule has 0 spiro atoms. The van der Waals surface area contributed by atoms with Gasteiger partial charge in [-0.1, -0.05) is 35.9 Å². The third kappa shape index (κ3) is 6.12. The Hall–Kier alpha value is -2.98. The Morgan fingerprint density at radius 3 is 2.79 bits per heavy atom. The van der Waals surface area contributed by atoms with Gasteiger partial charge >= 0.3 is 0 Å². The van der Waals surface area contributed by atoms with E-state index < -0.39 is 0 Å². The Bertz CT molecular complexity index is 1220. The highest BCUT2D eigenvalue weighted by atomic mass is 127. The van der Waals surface area contributed by atoms with Crippen LogP contribution in [0.1, 0.15) is 23.6 Å². The average Bonchev–Trinajstić information content (AvgIpc) is 3.28. The highest BCUT2D eigenvalue weighted by Crippen LogP contribution is 2.35. The Balaban J connectivity index is 1.40. The SMILES string of the molecule is CCOc1cc(/C=N\NC(=O)Cc2ccc3c(c2)OCO3)cc(I)c1OCc1ccccc1Cl. The second-order valence-electron chi connectivity index (χ2n) is 7.30. The first-order valence-corrected chi connectivity index (χ1v) is 12.0. The second kappa shape index (κ2) is 11.4. The molecule has 3 aromatic rings. The van der Waals surface area contributed by atoms with Crippen LogP contribution in [0.25, 0.3) is 0 Å². The quantitative estimate of drug-likeness (QED) is 0.206. The first-order chi connectivity index (χ1) is 16.5. The normalized spacial score (nSPS) is 12.1. The van der Waals surface area contributed by atoms with Crippen LogP contribution in [0.4, 0.5) is 0 Å². The number of amides is 1. The molecule has 0 aromatic heterocycles. The molecule has 0 fully saturated rings. The number of rotatable bonds is 9. The Morgan fingerprint density at radius 2 is 1.97 bits per heavy atom. The molecule has 1 heterocycles. The van der Waals surface area contributed by atoms with E-state index in [1.54, 1.807) is 18.3 Å². The van der Waals surface area contributed by atoms with Crippen molar-refractivity contribution in [2.75, 3.05) is 13.4 Å². The van der Waals surface area contributed by atoms with Crippen molar-refractivity contribution in [1.29, 1.82) is 0 Å². The molecule has 1 amide bonds. The summed E-state index contributed by atoms with van der Waals surface area (Å²) in [6.45, 7) is 2.90. The van der Waals surface area contributed by atoms with Crippen molar-refractivity contribution in [2.45, 2.75) is 20.0 Å². The first-order valence-electron chi connectivity index (χ1n) is 10.6. The van der Waals surface area contributed by atoms with Gasteiger partial charge < -0.3 is 18.9 Å². The first kappa shape index (κ1) is 24.2. The van der Waals surface area contributed by atoms with E-state index in [2.05, 4.69) is 33.1 Å². The summed E-state index contributed by atoms with van der Waals surface area (Å²) in [5, 5.41) is 4.74. The summed E-state index contributed by atoms with van der Waals surface area (Å²) in [5.41, 5.74) is 5.02. The Morgan fingerprint density at radius 1 is 1.15 bits per heavy atom. The third-order valence-electron chi connectivity index (χ3n) is 4.87. The largest absolute Gasteiger partial charge is 0.490 e. The zero-order chi connectivity index (χ0) is 23.9. The van der Waals surface area contributed by atoms with Gasteiger partial charge in [0.05, 0.1) is 22.8 Å². The fourth-order valence-corrected chi connectivity index (χ4v) is 4.26. The van der Waals surface area contributed by atoms with E-state index in [4.69, 9.17) is 30.5 Å². The molecular formula is C25H22ClIN2O5. The Kier molecular flexibility index (Phi) is 8.12. The van der Waals surface area contributed by atoms with Crippen molar-refractivity contribution in [1.82, 2.24) is 5.43 Å². The van der Waals surface area contributed by atoms with Crippen LogP contribution < -0.4 is 24.4 Å². The molecule has 0 unspecified atom stereocenters. The molecule has 0 aliphatic carbocycles. The summed E-state index contributed by atoms with van der Waals surface area (Å²) < 4.78 is 23.3. The van der Waals surface area contributed by atoms with Gasteiger partial charge in [0.25, 0.3) is 0 Å². The van der Waals surface area contributed by atoms with Gasteiger partial charge in [0.15, 0.2) is 23.0 Å². The maximum absolute atomic E-state index is 12.3. The molecule has 0 radical (unpaired) electrons. The minimum atomic E-state index is -0.241. The van der Waals surface area contributed by atoms with Crippen LogP contribution in [0.2, 0.25) is 5.02 Å². The van der Waals surface area contributed by atoms with E-state index in [0.29, 0.717) is 41.2 Å². The number of hydrogen-bond donors (Lipinski definition) is 1. The van der Waals surface area contributed by atoms with Crippen LogP contribution in [0.3, 0.4) is 0 Å². The molecule has 1 aliphatic rings. The summed E-state index contributed by atoms with van der Waals surface area (Å²) in [6, 6.07) is 16.7. The van der Waals surface area contributed by atoms with Gasteiger partial charge in [0.2, 0.25) is 12.7 Å². The van der Waals surface area contributed by atoms with Crippen molar-refractivity contribution in [3.8, 4) is 23.0 Å². The zero-order valence-corrected chi connectivity index (χ0v) is 21.3. The monoisotopic (exact) mass is 592 g/mol. The lowest BCUT2D eigenvalue weighted by Gasteiger charge is -2.15. The molecule has 176 valence electrons. The van der Waals surface area contributed by atoms with E-state index in [1.807, 2.05) is 49.4 Å². The minimum Gasteiger partial charge on any atom is -0.490 e. The molecule has 9 heteroatoms. The maximum Gasteiger partial charge on any atom is 0.244 e. The number of halogens is 2. The van der Waals surface area contributed by atoms with Crippen LogP contribution >= 0.6 is 34.2 Å². The lowest BCUT2D eigenvalue weighted by Crippen LogP contribution is -2.19. The topological polar surface area (TPSA) is 78.4 Å². The number of ether oxygens (including phenoxy) is 4. The predicted molar refractivity (Wildman–Crippen MR) is 138 cm³/mol. The van der Waals surface area contributed by atoms with E-state index >= 15 is 0 Å². The van der Waals surface area contributed by atoms with Crippen molar-refractivity contribution in [2.24, 2.45) is 5.10 Å². The minimum absolute atomic E-state index is 0.171. The molecule has 0 saturated heterocycles. The van der Waals surface area contributed by atoms with Crippen LogP contribution in [0, 0.1) is 3.57 Å². The van der Waals surface area contributed by atoms with Crippen LogP contribution in [0.15, 0.2) is 59.7 Å². The van der Waals surface area contributed by atoms with Crippen molar-refractivity contribution < 1.29 is 23.7 Å². The van der Waals surface area contributed by atoms with Gasteiger partial charge in [0, 0.05) is 10.6 Å². The summed E-state index contributed by atoms with van der Waals surface area (Å²) in [6.07, 6.45) is 1.74. The molecule has 3 aromatic carbocycles. The Labute approximate surface area is 216 Å². The molecule has 0 bridgehead atoms. The van der Waals surface area contributed by atoms with Crippen molar-refractivity contribution in [3.05, 3.63) is 79.9 Å². The summed E-state index contributed by atoms with van der Waals surface area (Å²) in [7, 11) is 0. The summed E-state index contributed by atoms with van der Waals surface area (Å²) in [4.78, 5) is 12.3. The molecule has 1 aliphatic heterocycles. The fraction of sp³-hybridized carbons (Fsp3) is 0.200. The zero-order valence-electron chi connectivity index (χ0n) is 18.3. The van der Waals surface area contributed by atoms with Gasteiger partial charge in [0.1, 0.15) is 6.61 Å². The maximum atomic E-state index is 12.3. The molecule has 7 nitrogen and oxygen atoms in total. The average molecular weight is 593 g/mol. The molecular weight excluding hydrogens is 571 g/mol. The standard InChI is InChI=1S/C25H22ClIN2O5/c1-2-31-23-11-17(9-20(27)25(23)32-14-18-5-3-4-6-19(18)26)13-28-29-24(30)12-16-7-8-21-22(10-16)34-15-33-21/h3-11,13H,2,12,14-15H2,1H3,(H,29,30)/b28-13-. The predicted octanol–water partition coefficient (Wildman–Crippen LogP) is 5.34. The number of benzene rings is 3. The number of nitrogens with zero attached hydrogens (tertiary/aromatic N) is 1. The summed E-state index contributed by atoms with van der Waals surface area (Å²) in [5.74, 6) is 2.31. The van der Waals surface area contributed by atoms with Gasteiger partial charge in [-0.2, -0.15) is 5.10 Å². The van der Waals surface area contributed by atoms with Gasteiger partial charge in [-0.15, -0.1) is 0 Å². The van der Waals surface area contributed by atoms with E-state index in [1.165, 1.54) is 0 Å². The van der Waals surface area contributed by atoms with E-state index in [9.17, 15) is 4.79 Å². The molecule has 34 heavy (non-hydrogen) atoms. The van der Waals surface area contributed by atoms with Crippen LogP contribution in [-0.2, 0) is 17.8 Å². The number of fused-ring (bicyclic) bond motifs is 1. The number of carbonyl (C=O) groups excluding carboxylic acids is 1. The van der Waals surface area contributed by atoms with E-state index in [-0.39, 0.29) is 19.1 Å². The van der Waals surface area contributed by atoms with Gasteiger partial charge in [-0.25, -0.2) is 5.43 Å². The highest BCUT2D eigenvalue weighted by molar-refractivity contribution is 14.1. The smallest absolute Gasteiger partial charge is 0.244 e. The number of carbonyl (C=O) groups is 1. The van der Waals surface area contributed by atoms with Gasteiger partial charge in [-0.3, -0.25) is 4.79 Å². The van der Waals surface area contributed by atoms with Crippen LogP contribution in [0.5, 0.6) is 23.0 Å². The molecule has 1 N–H and O–H groups in total. The van der Waals surface area contributed by atoms with Crippen molar-refractivity contribution >= 4 is 46.3 Å². The molecule has 4 rings (SSSR count). The highest BCUT2D eigenvalue weighted by Gasteiger charge is 2.15. The number of hydrazone groups is 1. The molecule has 0 atom stereocenters. The second-order valence-corrected chi connectivity index (χ2v) is 8.87. The number of nitrogens with one attached hydrogen (secondary N) is 1. The van der Waals surface area contributed by atoms with Crippen LogP contribution in [-0.4, -0.2) is 25.5 Å². The summed E-state index contributed by atoms with van der Waals surface area (Å²) >= 11 is 8.43. The lowest BCUT2D eigenvalue weighted by molar-refractivity contribution is -0.120. The van der Waals surface area contributed by atoms with E-state index in [0.717, 1.165) is 20.3 Å². The third-order valence-corrected chi connectivity index (χ3v) is 6.04.